The largest absolute Gasteiger partial charge is 0.391 e. The number of nitrogens with one attached hydrogen (secondary N) is 2. The first kappa shape index (κ1) is 14.4. The van der Waals surface area contributed by atoms with Crippen LogP contribution in [0.2, 0.25) is 0 Å². The van der Waals surface area contributed by atoms with E-state index in [-0.39, 0.29) is 11.8 Å². The molecule has 4 nitrogen and oxygen atoms in total. The molecule has 0 fully saturated rings. The second-order valence-corrected chi connectivity index (χ2v) is 4.31. The van der Waals surface area contributed by atoms with Gasteiger partial charge in [0.25, 0.3) is 0 Å². The molecule has 2 atom stereocenters. The number of aliphatic hydroxyl groups is 1. The topological polar surface area (TPSA) is 61.4 Å². The molecule has 15 heavy (non-hydrogen) atoms. The van der Waals surface area contributed by atoms with E-state index >= 15 is 0 Å². The van der Waals surface area contributed by atoms with Crippen LogP contribution in [-0.2, 0) is 4.79 Å². The molecule has 0 aliphatic rings. The molecular weight excluding hydrogens is 192 g/mol. The predicted octanol–water partition coefficient (Wildman–Crippen LogP) is 0.508. The van der Waals surface area contributed by atoms with Gasteiger partial charge in [-0.15, -0.1) is 0 Å². The summed E-state index contributed by atoms with van der Waals surface area (Å²) in [5.41, 5.74) is 0. The van der Waals surface area contributed by atoms with Crippen LogP contribution in [0.3, 0.4) is 0 Å². The van der Waals surface area contributed by atoms with E-state index < -0.39 is 6.10 Å². The van der Waals surface area contributed by atoms with Crippen LogP contribution in [0.1, 0.15) is 34.1 Å². The van der Waals surface area contributed by atoms with Crippen molar-refractivity contribution in [1.82, 2.24) is 10.6 Å². The predicted molar refractivity (Wildman–Crippen MR) is 61.6 cm³/mol. The Labute approximate surface area is 92.4 Å². The summed E-state index contributed by atoms with van der Waals surface area (Å²) < 4.78 is 0. The molecule has 0 aromatic heterocycles. The van der Waals surface area contributed by atoms with Gasteiger partial charge in [0.1, 0.15) is 0 Å². The lowest BCUT2D eigenvalue weighted by Gasteiger charge is -2.16. The fraction of sp³-hybridized carbons (Fsp3) is 0.909. The average Bonchev–Trinajstić information content (AvgIpc) is 2.21. The van der Waals surface area contributed by atoms with Crippen molar-refractivity contribution in [1.29, 1.82) is 0 Å². The molecule has 0 aromatic carbocycles. The van der Waals surface area contributed by atoms with Gasteiger partial charge in [-0.25, -0.2) is 0 Å². The summed E-state index contributed by atoms with van der Waals surface area (Å²) in [7, 11) is 0. The molecule has 90 valence electrons. The second kappa shape index (κ2) is 7.65. The molecule has 0 saturated carbocycles. The van der Waals surface area contributed by atoms with E-state index in [0.717, 1.165) is 6.42 Å². The molecule has 0 saturated heterocycles. The van der Waals surface area contributed by atoms with Gasteiger partial charge in [0.15, 0.2) is 0 Å². The number of rotatable bonds is 7. The molecule has 0 aliphatic heterocycles. The third-order valence-electron chi connectivity index (χ3n) is 2.50. The van der Waals surface area contributed by atoms with Gasteiger partial charge in [-0.05, 0) is 19.3 Å². The van der Waals surface area contributed by atoms with Crippen LogP contribution >= 0.6 is 0 Å². The summed E-state index contributed by atoms with van der Waals surface area (Å²) in [5, 5.41) is 15.2. The molecule has 3 N–H and O–H groups in total. The zero-order valence-electron chi connectivity index (χ0n) is 10.2. The molecule has 0 rings (SSSR count). The van der Waals surface area contributed by atoms with Crippen molar-refractivity contribution in [2.24, 2.45) is 5.92 Å². The van der Waals surface area contributed by atoms with Crippen LogP contribution < -0.4 is 10.6 Å². The fourth-order valence-electron chi connectivity index (χ4n) is 0.928. The lowest BCUT2D eigenvalue weighted by molar-refractivity contribution is -0.120. The van der Waals surface area contributed by atoms with Crippen molar-refractivity contribution < 1.29 is 9.90 Å². The Hall–Kier alpha value is -0.610. The third-order valence-corrected chi connectivity index (χ3v) is 2.50. The maximum atomic E-state index is 11.3. The van der Waals surface area contributed by atoms with Crippen LogP contribution in [0.4, 0.5) is 0 Å². The molecule has 0 spiro atoms. The van der Waals surface area contributed by atoms with Crippen LogP contribution in [0.15, 0.2) is 0 Å². The summed E-state index contributed by atoms with van der Waals surface area (Å²) in [6, 6.07) is 0.353. The SMILES string of the molecule is CCC(C)NCC(=O)NCC(O)C(C)C. The zero-order chi connectivity index (χ0) is 11.8. The molecule has 0 aromatic rings. The van der Waals surface area contributed by atoms with Crippen molar-refractivity contribution >= 4 is 5.91 Å². The quantitative estimate of drug-likeness (QED) is 0.581. The highest BCUT2D eigenvalue weighted by molar-refractivity contribution is 5.78. The first-order valence-corrected chi connectivity index (χ1v) is 5.65. The van der Waals surface area contributed by atoms with E-state index in [1.54, 1.807) is 0 Å². The van der Waals surface area contributed by atoms with Crippen LogP contribution in [-0.4, -0.2) is 36.2 Å². The van der Waals surface area contributed by atoms with E-state index in [1.807, 2.05) is 20.8 Å². The Balaban J connectivity index is 3.58. The fourth-order valence-corrected chi connectivity index (χ4v) is 0.928. The van der Waals surface area contributed by atoms with Gasteiger partial charge in [-0.1, -0.05) is 20.8 Å². The Morgan fingerprint density at radius 2 is 1.93 bits per heavy atom. The number of amides is 1. The molecule has 0 heterocycles. The maximum absolute atomic E-state index is 11.3. The third kappa shape index (κ3) is 7.33. The van der Waals surface area contributed by atoms with Crippen LogP contribution in [0.25, 0.3) is 0 Å². The zero-order valence-corrected chi connectivity index (χ0v) is 10.2. The van der Waals surface area contributed by atoms with Gasteiger partial charge in [0.05, 0.1) is 12.6 Å². The number of aliphatic hydroxyl groups excluding tert-OH is 1. The molecule has 0 aliphatic carbocycles. The summed E-state index contributed by atoms with van der Waals surface area (Å²) in [6.45, 7) is 8.61. The van der Waals surface area contributed by atoms with Gasteiger partial charge < -0.3 is 15.7 Å². The minimum absolute atomic E-state index is 0.0602. The smallest absolute Gasteiger partial charge is 0.234 e. The Morgan fingerprint density at radius 3 is 2.40 bits per heavy atom. The normalized spacial score (nSPS) is 15.1. The van der Waals surface area contributed by atoms with Gasteiger partial charge in [0, 0.05) is 12.6 Å². The van der Waals surface area contributed by atoms with Gasteiger partial charge >= 0.3 is 0 Å². The Bertz CT molecular complexity index is 183. The monoisotopic (exact) mass is 216 g/mol. The standard InChI is InChI=1S/C11H24N2O2/c1-5-9(4)12-7-11(15)13-6-10(14)8(2)3/h8-10,12,14H,5-7H2,1-4H3,(H,13,15). The lowest BCUT2D eigenvalue weighted by atomic mass is 10.1. The Kier molecular flexibility index (Phi) is 7.34. The van der Waals surface area contributed by atoms with Crippen molar-refractivity contribution in [2.75, 3.05) is 13.1 Å². The number of hydrogen-bond acceptors (Lipinski definition) is 3. The summed E-state index contributed by atoms with van der Waals surface area (Å²) in [4.78, 5) is 11.3. The Morgan fingerprint density at radius 1 is 1.33 bits per heavy atom. The van der Waals surface area contributed by atoms with Crippen molar-refractivity contribution in [3.05, 3.63) is 0 Å². The number of hydrogen-bond donors (Lipinski definition) is 3. The highest BCUT2D eigenvalue weighted by Crippen LogP contribution is 1.98. The molecular formula is C11H24N2O2. The van der Waals surface area contributed by atoms with Crippen molar-refractivity contribution in [2.45, 2.75) is 46.3 Å². The number of carbonyl (C=O) groups is 1. The van der Waals surface area contributed by atoms with Crippen molar-refractivity contribution in [3.8, 4) is 0 Å². The van der Waals surface area contributed by atoms with Crippen LogP contribution in [0.5, 0.6) is 0 Å². The molecule has 0 radical (unpaired) electrons. The minimum Gasteiger partial charge on any atom is -0.391 e. The molecule has 1 amide bonds. The summed E-state index contributed by atoms with van der Waals surface area (Å²) in [6.07, 6.45) is 0.541. The first-order chi connectivity index (χ1) is 6.97. The van der Waals surface area contributed by atoms with E-state index in [1.165, 1.54) is 0 Å². The van der Waals surface area contributed by atoms with Gasteiger partial charge in [-0.2, -0.15) is 0 Å². The van der Waals surface area contributed by atoms with E-state index in [9.17, 15) is 9.90 Å². The molecule has 2 unspecified atom stereocenters. The van der Waals surface area contributed by atoms with Crippen molar-refractivity contribution in [3.63, 3.8) is 0 Å². The molecule has 0 bridgehead atoms. The van der Waals surface area contributed by atoms with Crippen LogP contribution in [0, 0.1) is 5.92 Å². The lowest BCUT2D eigenvalue weighted by Crippen LogP contribution is -2.41. The summed E-state index contributed by atoms with van der Waals surface area (Å²) in [5.74, 6) is 0.114. The first-order valence-electron chi connectivity index (χ1n) is 5.65. The van der Waals surface area contributed by atoms with Gasteiger partial charge in [0.2, 0.25) is 5.91 Å². The number of carbonyl (C=O) groups excluding carboxylic acids is 1. The maximum Gasteiger partial charge on any atom is 0.234 e. The minimum atomic E-state index is -0.461. The second-order valence-electron chi connectivity index (χ2n) is 4.31. The summed E-state index contributed by atoms with van der Waals surface area (Å²) >= 11 is 0. The van der Waals surface area contributed by atoms with E-state index in [4.69, 9.17) is 0 Å². The molecule has 4 heteroatoms. The van der Waals surface area contributed by atoms with E-state index in [2.05, 4.69) is 17.6 Å². The highest BCUT2D eigenvalue weighted by atomic mass is 16.3. The van der Waals surface area contributed by atoms with Gasteiger partial charge in [-0.3, -0.25) is 4.79 Å². The highest BCUT2D eigenvalue weighted by Gasteiger charge is 2.10. The average molecular weight is 216 g/mol. The van der Waals surface area contributed by atoms with E-state index in [0.29, 0.717) is 19.1 Å².